The molecule has 1 aliphatic heterocycles. The lowest BCUT2D eigenvalue weighted by Crippen LogP contribution is -2.49. The van der Waals surface area contributed by atoms with Gasteiger partial charge in [-0.3, -0.25) is 9.48 Å². The maximum atomic E-state index is 12.1. The number of piperazine rings is 1. The average molecular weight is 456 g/mol. The zero-order valence-electron chi connectivity index (χ0n) is 19.2. The highest BCUT2D eigenvalue weighted by Gasteiger charge is 2.21. The highest BCUT2D eigenvalue weighted by atomic mass is 16.5. The second-order valence-electron chi connectivity index (χ2n) is 8.36. The van der Waals surface area contributed by atoms with Crippen LogP contribution in [-0.4, -0.2) is 70.1 Å². The van der Waals surface area contributed by atoms with Crippen molar-refractivity contribution in [1.82, 2.24) is 24.3 Å². The third kappa shape index (κ3) is 4.00. The highest BCUT2D eigenvalue weighted by molar-refractivity contribution is 5.88. The fraction of sp³-hybridized carbons (Fsp3) is 0.280. The van der Waals surface area contributed by atoms with Gasteiger partial charge in [0.2, 0.25) is 5.91 Å². The molecular weight excluding hydrogens is 430 g/mol. The second-order valence-corrected chi connectivity index (χ2v) is 8.36. The first-order valence-electron chi connectivity index (χ1n) is 11.1. The number of amides is 1. The molecule has 0 spiro atoms. The van der Waals surface area contributed by atoms with Gasteiger partial charge in [0.25, 0.3) is 0 Å². The number of nitriles is 1. The van der Waals surface area contributed by atoms with Gasteiger partial charge in [0, 0.05) is 75.1 Å². The van der Waals surface area contributed by atoms with Gasteiger partial charge in [0.05, 0.1) is 23.5 Å². The number of methoxy groups -OCH3 is 1. The molecule has 0 radical (unpaired) electrons. The van der Waals surface area contributed by atoms with Gasteiger partial charge in [0.15, 0.2) is 0 Å². The first-order valence-corrected chi connectivity index (χ1v) is 11.1. The molecule has 0 aliphatic carbocycles. The zero-order chi connectivity index (χ0) is 23.7. The van der Waals surface area contributed by atoms with E-state index in [0.717, 1.165) is 46.5 Å². The molecule has 0 atom stereocenters. The van der Waals surface area contributed by atoms with Crippen molar-refractivity contribution in [2.24, 2.45) is 7.05 Å². The molecule has 4 aromatic rings. The molecule has 0 saturated carbocycles. The first-order chi connectivity index (χ1) is 16.6. The minimum absolute atomic E-state index is 0.0316. The number of carbonyl (C=O) groups excluding carboxylic acids is 1. The number of benzene rings is 1. The normalized spacial score (nSPS) is 13.9. The van der Waals surface area contributed by atoms with Gasteiger partial charge in [-0.25, -0.2) is 4.52 Å². The van der Waals surface area contributed by atoms with E-state index in [1.807, 2.05) is 30.5 Å². The van der Waals surface area contributed by atoms with Gasteiger partial charge in [-0.05, 0) is 23.8 Å². The van der Waals surface area contributed by atoms with E-state index in [9.17, 15) is 10.1 Å². The molecule has 0 bridgehead atoms. The van der Waals surface area contributed by atoms with Crippen LogP contribution in [0.4, 0.5) is 5.69 Å². The Balaban J connectivity index is 1.44. The minimum atomic E-state index is 0.0316. The van der Waals surface area contributed by atoms with Gasteiger partial charge in [-0.2, -0.15) is 15.5 Å². The van der Waals surface area contributed by atoms with E-state index in [2.05, 4.69) is 51.5 Å². The van der Waals surface area contributed by atoms with E-state index < -0.39 is 0 Å². The van der Waals surface area contributed by atoms with Crippen molar-refractivity contribution in [1.29, 1.82) is 5.26 Å². The van der Waals surface area contributed by atoms with Crippen molar-refractivity contribution in [3.63, 3.8) is 0 Å². The molecule has 4 heterocycles. The fourth-order valence-electron chi connectivity index (χ4n) is 4.43. The predicted molar refractivity (Wildman–Crippen MR) is 128 cm³/mol. The monoisotopic (exact) mass is 455 g/mol. The summed E-state index contributed by atoms with van der Waals surface area (Å²) in [6.07, 6.45) is 7.31. The molecule has 1 aliphatic rings. The molecule has 1 aromatic carbocycles. The number of ether oxygens (including phenoxy) is 1. The summed E-state index contributed by atoms with van der Waals surface area (Å²) in [6, 6.07) is 12.7. The summed E-state index contributed by atoms with van der Waals surface area (Å²) in [4.78, 5) is 16.2. The van der Waals surface area contributed by atoms with Gasteiger partial charge >= 0.3 is 0 Å². The molecule has 1 saturated heterocycles. The maximum absolute atomic E-state index is 12.1. The average Bonchev–Trinajstić information content (AvgIpc) is 3.50. The summed E-state index contributed by atoms with van der Waals surface area (Å²) in [5, 5.41) is 18.3. The summed E-state index contributed by atoms with van der Waals surface area (Å²) < 4.78 is 8.50. The molecular formula is C25H25N7O2. The third-order valence-electron chi connectivity index (χ3n) is 6.21. The fourth-order valence-corrected chi connectivity index (χ4v) is 4.43. The van der Waals surface area contributed by atoms with Crippen molar-refractivity contribution in [3.05, 3.63) is 60.7 Å². The number of fused-ring (bicyclic) bond motifs is 1. The van der Waals surface area contributed by atoms with Crippen molar-refractivity contribution in [3.8, 4) is 28.3 Å². The Bertz CT molecular complexity index is 1370. The Labute approximate surface area is 197 Å². The number of aryl methyl sites for hydroxylation is 1. The lowest BCUT2D eigenvalue weighted by Gasteiger charge is -2.36. The number of anilines is 1. The van der Waals surface area contributed by atoms with Crippen LogP contribution in [0.1, 0.15) is 5.56 Å². The lowest BCUT2D eigenvalue weighted by atomic mass is 9.99. The molecule has 0 unspecified atom stereocenters. The van der Waals surface area contributed by atoms with E-state index >= 15 is 0 Å². The van der Waals surface area contributed by atoms with Crippen LogP contribution in [0.2, 0.25) is 0 Å². The SMILES string of the molecule is COCC(=O)N1CCN(c2ccc(-c3cc(-c4cnn(C)c4)cn4ncc(C#N)c34)cc2)CC1. The van der Waals surface area contributed by atoms with E-state index in [4.69, 9.17) is 4.74 Å². The summed E-state index contributed by atoms with van der Waals surface area (Å²) in [5.74, 6) is 0.0316. The van der Waals surface area contributed by atoms with Gasteiger partial charge in [-0.1, -0.05) is 12.1 Å². The third-order valence-corrected chi connectivity index (χ3v) is 6.21. The quantitative estimate of drug-likeness (QED) is 0.459. The van der Waals surface area contributed by atoms with Crippen molar-refractivity contribution < 1.29 is 9.53 Å². The van der Waals surface area contributed by atoms with Crippen LogP contribution in [0.25, 0.3) is 27.8 Å². The number of carbonyl (C=O) groups is 1. The molecule has 1 amide bonds. The van der Waals surface area contributed by atoms with E-state index in [1.54, 1.807) is 22.5 Å². The Morgan fingerprint density at radius 2 is 1.79 bits per heavy atom. The van der Waals surface area contributed by atoms with Crippen LogP contribution in [-0.2, 0) is 16.6 Å². The van der Waals surface area contributed by atoms with Crippen LogP contribution >= 0.6 is 0 Å². The Kier molecular flexibility index (Phi) is 5.74. The maximum Gasteiger partial charge on any atom is 0.248 e. The number of pyridine rings is 1. The molecule has 34 heavy (non-hydrogen) atoms. The van der Waals surface area contributed by atoms with E-state index in [-0.39, 0.29) is 12.5 Å². The highest BCUT2D eigenvalue weighted by Crippen LogP contribution is 2.33. The Morgan fingerprint density at radius 1 is 1.03 bits per heavy atom. The topological polar surface area (TPSA) is 91.7 Å². The summed E-state index contributed by atoms with van der Waals surface area (Å²) in [7, 11) is 3.43. The van der Waals surface area contributed by atoms with Crippen LogP contribution in [0.5, 0.6) is 0 Å². The summed E-state index contributed by atoms with van der Waals surface area (Å²) >= 11 is 0. The van der Waals surface area contributed by atoms with E-state index in [1.165, 1.54) is 0 Å². The zero-order valence-corrected chi connectivity index (χ0v) is 19.2. The predicted octanol–water partition coefficient (Wildman–Crippen LogP) is 2.57. The van der Waals surface area contributed by atoms with Gasteiger partial charge in [-0.15, -0.1) is 0 Å². The Hall–Kier alpha value is -4.16. The standard InChI is InChI=1S/C25H25N7O2/c1-29-15-21(14-27-29)19-11-23(25-20(12-26)13-28-32(25)16-19)18-3-5-22(6-4-18)30-7-9-31(10-8-30)24(33)17-34-2/h3-6,11,13-16H,7-10,17H2,1-2H3. The van der Waals surface area contributed by atoms with Crippen molar-refractivity contribution in [2.75, 3.05) is 44.8 Å². The molecule has 9 nitrogen and oxygen atoms in total. The summed E-state index contributed by atoms with van der Waals surface area (Å²) in [5.41, 5.74) is 6.33. The minimum Gasteiger partial charge on any atom is -0.375 e. The number of nitrogens with zero attached hydrogens (tertiary/aromatic N) is 7. The van der Waals surface area contributed by atoms with Gasteiger partial charge < -0.3 is 14.5 Å². The molecule has 172 valence electrons. The molecule has 9 heteroatoms. The lowest BCUT2D eigenvalue weighted by molar-refractivity contribution is -0.135. The van der Waals surface area contributed by atoms with Crippen LogP contribution < -0.4 is 4.90 Å². The van der Waals surface area contributed by atoms with Crippen LogP contribution in [0.15, 0.2) is 55.1 Å². The van der Waals surface area contributed by atoms with Crippen LogP contribution in [0.3, 0.4) is 0 Å². The van der Waals surface area contributed by atoms with Crippen molar-refractivity contribution >= 4 is 17.1 Å². The number of hydrogen-bond acceptors (Lipinski definition) is 6. The molecule has 0 N–H and O–H groups in total. The van der Waals surface area contributed by atoms with Gasteiger partial charge in [0.1, 0.15) is 12.7 Å². The largest absolute Gasteiger partial charge is 0.375 e. The first kappa shape index (κ1) is 21.7. The number of rotatable bonds is 5. The molecule has 5 rings (SSSR count). The number of hydrogen-bond donors (Lipinski definition) is 0. The van der Waals surface area contributed by atoms with Crippen LogP contribution in [0, 0.1) is 11.3 Å². The molecule has 3 aromatic heterocycles. The Morgan fingerprint density at radius 3 is 2.44 bits per heavy atom. The molecule has 1 fully saturated rings. The summed E-state index contributed by atoms with van der Waals surface area (Å²) in [6.45, 7) is 3.03. The second kappa shape index (κ2) is 9.00. The van der Waals surface area contributed by atoms with E-state index in [0.29, 0.717) is 18.7 Å². The number of aromatic nitrogens is 4. The van der Waals surface area contributed by atoms with Crippen molar-refractivity contribution in [2.45, 2.75) is 0 Å². The smallest absolute Gasteiger partial charge is 0.248 e.